The van der Waals surface area contributed by atoms with Gasteiger partial charge in [0.2, 0.25) is 11.8 Å². The quantitative estimate of drug-likeness (QED) is 0.0682. The highest BCUT2D eigenvalue weighted by molar-refractivity contribution is 6.04. The van der Waals surface area contributed by atoms with Crippen molar-refractivity contribution in [1.29, 1.82) is 0 Å². The van der Waals surface area contributed by atoms with Gasteiger partial charge in [-0.15, -0.1) is 0 Å². The Morgan fingerprint density at radius 3 is 2.26 bits per heavy atom. The molecule has 2 aliphatic carbocycles. The number of aryl methyl sites for hydroxylation is 1. The van der Waals surface area contributed by atoms with Gasteiger partial charge >= 0.3 is 0 Å². The number of amides is 4. The van der Waals surface area contributed by atoms with Gasteiger partial charge in [-0.1, -0.05) is 6.07 Å². The SMILES string of the molecule is CNC(=O)C(CCC=O)N1Cc2c(NC(=O)COCCOCCOCCOCCNc3cc(Nc4cc(C)c5n(c4=O)C4(CCC6(CC6)CC4)NC5=O)ncn3)cccc2C1=O. The van der Waals surface area contributed by atoms with E-state index < -0.39 is 17.6 Å². The van der Waals surface area contributed by atoms with Gasteiger partial charge in [0, 0.05) is 49.4 Å². The van der Waals surface area contributed by atoms with E-state index in [0.717, 1.165) is 31.2 Å². The molecule has 2 aromatic heterocycles. The molecule has 2 spiro atoms. The summed E-state index contributed by atoms with van der Waals surface area (Å²) in [5.74, 6) is -0.285. The van der Waals surface area contributed by atoms with Crippen LogP contribution in [-0.4, -0.2) is 122 Å². The second-order valence-corrected chi connectivity index (χ2v) is 16.1. The lowest BCUT2D eigenvalue weighted by Gasteiger charge is -2.39. The molecule has 19 heteroatoms. The third-order valence-corrected chi connectivity index (χ3v) is 12.1. The van der Waals surface area contributed by atoms with Crippen LogP contribution in [0.25, 0.3) is 0 Å². The molecular formula is C43H55N9O10. The Kier molecular flexibility index (Phi) is 14.3. The predicted molar refractivity (Wildman–Crippen MR) is 226 cm³/mol. The average Bonchev–Trinajstić information content (AvgIpc) is 3.86. The van der Waals surface area contributed by atoms with Crippen molar-refractivity contribution in [3.63, 3.8) is 0 Å². The molecule has 2 fully saturated rings. The molecule has 5 N–H and O–H groups in total. The van der Waals surface area contributed by atoms with E-state index in [1.165, 1.54) is 31.1 Å². The van der Waals surface area contributed by atoms with Gasteiger partial charge in [-0.3, -0.25) is 28.5 Å². The number of rotatable bonds is 23. The monoisotopic (exact) mass is 857 g/mol. The molecule has 1 atom stereocenters. The summed E-state index contributed by atoms with van der Waals surface area (Å²) in [5, 5.41) is 14.9. The molecule has 2 aliphatic heterocycles. The van der Waals surface area contributed by atoms with Crippen molar-refractivity contribution >= 4 is 52.9 Å². The minimum atomic E-state index is -0.804. The van der Waals surface area contributed by atoms with Crippen molar-refractivity contribution in [3.8, 4) is 0 Å². The Morgan fingerprint density at radius 1 is 0.887 bits per heavy atom. The lowest BCUT2D eigenvalue weighted by molar-refractivity contribution is -0.125. The minimum absolute atomic E-state index is 0.125. The summed E-state index contributed by atoms with van der Waals surface area (Å²) in [7, 11) is 1.48. The second-order valence-electron chi connectivity index (χ2n) is 16.1. The second kappa shape index (κ2) is 20.0. The summed E-state index contributed by atoms with van der Waals surface area (Å²) in [6, 6.07) is 7.61. The summed E-state index contributed by atoms with van der Waals surface area (Å²) in [6.45, 7) is 4.51. The fourth-order valence-corrected chi connectivity index (χ4v) is 8.54. The molecule has 1 aromatic carbocycles. The highest BCUT2D eigenvalue weighted by atomic mass is 16.6. The summed E-state index contributed by atoms with van der Waals surface area (Å²) in [4.78, 5) is 86.0. The lowest BCUT2D eigenvalue weighted by Crippen LogP contribution is -2.50. The van der Waals surface area contributed by atoms with Crippen LogP contribution in [0.3, 0.4) is 0 Å². The van der Waals surface area contributed by atoms with Crippen LogP contribution in [0.2, 0.25) is 0 Å². The van der Waals surface area contributed by atoms with Crippen LogP contribution >= 0.6 is 0 Å². The van der Waals surface area contributed by atoms with Crippen LogP contribution in [0.5, 0.6) is 0 Å². The number of aldehydes is 1. The normalized spacial score (nSPS) is 17.0. The van der Waals surface area contributed by atoms with Gasteiger partial charge < -0.3 is 55.2 Å². The van der Waals surface area contributed by atoms with Crippen molar-refractivity contribution in [2.75, 3.05) is 82.4 Å². The zero-order valence-corrected chi connectivity index (χ0v) is 35.2. The summed E-state index contributed by atoms with van der Waals surface area (Å²) in [5.41, 5.74) is 2.45. The number of fused-ring (bicyclic) bond motifs is 3. The van der Waals surface area contributed by atoms with Crippen molar-refractivity contribution in [3.05, 3.63) is 69.4 Å². The molecule has 3 aromatic rings. The molecule has 4 amide bonds. The van der Waals surface area contributed by atoms with Crippen LogP contribution in [-0.2, 0) is 45.5 Å². The first kappa shape index (κ1) is 44.3. The molecule has 62 heavy (non-hydrogen) atoms. The molecular weight excluding hydrogens is 803 g/mol. The molecule has 2 saturated carbocycles. The number of pyridine rings is 1. The zero-order chi connectivity index (χ0) is 43.7. The van der Waals surface area contributed by atoms with E-state index in [1.807, 2.05) is 6.92 Å². The average molecular weight is 858 g/mol. The predicted octanol–water partition coefficient (Wildman–Crippen LogP) is 2.61. The third-order valence-electron chi connectivity index (χ3n) is 12.1. The first-order valence-electron chi connectivity index (χ1n) is 21.2. The van der Waals surface area contributed by atoms with Crippen LogP contribution in [0.4, 0.5) is 23.0 Å². The highest BCUT2D eigenvalue weighted by Gasteiger charge is 2.54. The number of nitrogens with one attached hydrogen (secondary N) is 5. The van der Waals surface area contributed by atoms with E-state index in [4.69, 9.17) is 18.9 Å². The van der Waals surface area contributed by atoms with Crippen LogP contribution in [0, 0.1) is 12.3 Å². The Balaban J connectivity index is 0.735. The fourth-order valence-electron chi connectivity index (χ4n) is 8.54. The maximum absolute atomic E-state index is 13.8. The van der Waals surface area contributed by atoms with Crippen molar-refractivity contribution in [2.45, 2.75) is 76.5 Å². The van der Waals surface area contributed by atoms with Gasteiger partial charge in [-0.25, -0.2) is 9.97 Å². The number of nitrogens with zero attached hydrogens (tertiary/aromatic N) is 4. The van der Waals surface area contributed by atoms with E-state index >= 15 is 0 Å². The lowest BCUT2D eigenvalue weighted by atomic mass is 9.79. The number of ether oxygens (including phenoxy) is 4. The van der Waals surface area contributed by atoms with Gasteiger partial charge in [0.1, 0.15) is 53.9 Å². The van der Waals surface area contributed by atoms with E-state index in [0.29, 0.717) is 91.1 Å². The van der Waals surface area contributed by atoms with Crippen molar-refractivity contribution < 1.29 is 42.9 Å². The third kappa shape index (κ3) is 10.1. The number of benzene rings is 1. The Labute approximate surface area is 359 Å². The highest BCUT2D eigenvalue weighted by Crippen LogP contribution is 2.59. The molecule has 0 bridgehead atoms. The van der Waals surface area contributed by atoms with Gasteiger partial charge in [0.25, 0.3) is 17.4 Å². The summed E-state index contributed by atoms with van der Waals surface area (Å²) in [6.07, 6.45) is 8.45. The van der Waals surface area contributed by atoms with E-state index in [9.17, 15) is 28.8 Å². The Morgan fingerprint density at radius 2 is 1.56 bits per heavy atom. The molecule has 4 heterocycles. The van der Waals surface area contributed by atoms with Crippen molar-refractivity contribution in [1.82, 2.24) is 30.1 Å². The minimum Gasteiger partial charge on any atom is -0.377 e. The van der Waals surface area contributed by atoms with Gasteiger partial charge in [-0.05, 0) is 81.0 Å². The molecule has 19 nitrogen and oxygen atoms in total. The molecule has 1 unspecified atom stereocenters. The Hall–Kier alpha value is -5.76. The molecule has 0 radical (unpaired) electrons. The van der Waals surface area contributed by atoms with Gasteiger partial charge in [0.15, 0.2) is 0 Å². The maximum atomic E-state index is 13.8. The largest absolute Gasteiger partial charge is 0.377 e. The van der Waals surface area contributed by atoms with Crippen LogP contribution in [0.1, 0.15) is 83.3 Å². The topological polar surface area (TPSA) is 233 Å². The first-order valence-corrected chi connectivity index (χ1v) is 21.2. The molecule has 7 rings (SSSR count). The first-order chi connectivity index (χ1) is 30.1. The number of hydrogen-bond donors (Lipinski definition) is 5. The van der Waals surface area contributed by atoms with E-state index in [2.05, 4.69) is 36.6 Å². The van der Waals surface area contributed by atoms with Crippen LogP contribution < -0.4 is 32.1 Å². The number of carbonyl (C=O) groups is 5. The number of carbonyl (C=O) groups excluding carboxylic acids is 5. The number of aromatic nitrogens is 3. The fraction of sp³-hybridized carbons (Fsp3) is 0.535. The Bertz CT molecular complexity index is 2200. The number of hydrogen-bond acceptors (Lipinski definition) is 14. The number of anilines is 4. The maximum Gasteiger partial charge on any atom is 0.276 e. The van der Waals surface area contributed by atoms with Crippen LogP contribution in [0.15, 0.2) is 41.5 Å². The molecule has 4 aliphatic rings. The zero-order valence-electron chi connectivity index (χ0n) is 35.2. The van der Waals surface area contributed by atoms with Crippen molar-refractivity contribution in [2.24, 2.45) is 5.41 Å². The standard InChI is InChI=1S/C43H55N9O10/c1-28-23-32(41(58)52-37(28)39(56)50-43(52)12-10-42(8-9-42)11-13-43)48-35-24-34(46-27-47-35)45-14-16-59-17-18-60-19-20-61-21-22-62-26-36(54)49-31-6-3-5-29-30(31)25-51(40(29)57)33(7-4-15-53)38(55)44-2/h3,5-6,15,23-24,27,33H,4,7-14,16-22,25-26H2,1-2H3,(H,44,55)(H,49,54)(H,50,56)(H2,45,46,47,48). The van der Waals surface area contributed by atoms with Gasteiger partial charge in [0.05, 0.1) is 46.2 Å². The summed E-state index contributed by atoms with van der Waals surface area (Å²) >= 11 is 0. The van der Waals surface area contributed by atoms with Gasteiger partial charge in [-0.2, -0.15) is 0 Å². The molecule has 0 saturated heterocycles. The summed E-state index contributed by atoms with van der Waals surface area (Å²) < 4.78 is 23.9. The van der Waals surface area contributed by atoms with E-state index in [1.54, 1.807) is 34.9 Å². The smallest absolute Gasteiger partial charge is 0.276 e. The number of likely N-dealkylation sites (N-methyl/N-ethyl adjacent to an activating group) is 1. The van der Waals surface area contributed by atoms with E-state index in [-0.39, 0.29) is 62.5 Å². The molecule has 332 valence electrons.